The van der Waals surface area contributed by atoms with Crippen molar-refractivity contribution in [3.05, 3.63) is 53.3 Å². The van der Waals surface area contributed by atoms with Crippen LogP contribution in [-0.4, -0.2) is 51.1 Å². The number of benzene rings is 2. The van der Waals surface area contributed by atoms with Crippen molar-refractivity contribution in [2.45, 2.75) is 12.6 Å². The van der Waals surface area contributed by atoms with Crippen LogP contribution in [0.3, 0.4) is 0 Å². The first kappa shape index (κ1) is 18.6. The zero-order valence-electron chi connectivity index (χ0n) is 16.1. The maximum Gasteiger partial charge on any atom is 0.203 e. The molecule has 2 aromatic carbocycles. The van der Waals surface area contributed by atoms with Crippen molar-refractivity contribution in [1.29, 1.82) is 0 Å². The van der Waals surface area contributed by atoms with Gasteiger partial charge in [0.05, 0.1) is 33.0 Å². The van der Waals surface area contributed by atoms with E-state index in [0.29, 0.717) is 35.1 Å². The Morgan fingerprint density at radius 3 is 2.43 bits per heavy atom. The third-order valence-corrected chi connectivity index (χ3v) is 5.26. The quantitative estimate of drug-likeness (QED) is 0.764. The molecule has 7 heteroatoms. The molecular formula is C21H23FN2O4. The summed E-state index contributed by atoms with van der Waals surface area (Å²) in [4.78, 5) is 7.87. The first-order valence-corrected chi connectivity index (χ1v) is 9.14. The summed E-state index contributed by atoms with van der Waals surface area (Å²) in [6, 6.07) is 10.6. The number of oxime groups is 1. The van der Waals surface area contributed by atoms with Crippen LogP contribution in [0.4, 0.5) is 4.39 Å². The number of hydrogen-bond acceptors (Lipinski definition) is 6. The Labute approximate surface area is 163 Å². The van der Waals surface area contributed by atoms with Crippen LogP contribution in [-0.2, 0) is 11.4 Å². The van der Waals surface area contributed by atoms with E-state index in [4.69, 9.17) is 19.0 Å². The van der Waals surface area contributed by atoms with E-state index in [0.717, 1.165) is 18.7 Å². The Hall–Kier alpha value is -2.80. The molecule has 0 spiro atoms. The molecule has 6 nitrogen and oxygen atoms in total. The number of rotatable bonds is 6. The van der Waals surface area contributed by atoms with Crippen LogP contribution in [0, 0.1) is 11.7 Å². The lowest BCUT2D eigenvalue weighted by Crippen LogP contribution is -2.23. The summed E-state index contributed by atoms with van der Waals surface area (Å²) in [5.74, 6) is 1.61. The SMILES string of the molecule is COc1cc(CN2C[C@@H]3ON=C(c4ccccc4F)[C@@H]3C2)cc(OC)c1OC. The van der Waals surface area contributed by atoms with Crippen LogP contribution in [0.5, 0.6) is 17.2 Å². The zero-order valence-corrected chi connectivity index (χ0v) is 16.1. The summed E-state index contributed by atoms with van der Waals surface area (Å²) in [5, 5.41) is 4.16. The highest BCUT2D eigenvalue weighted by Crippen LogP contribution is 2.39. The van der Waals surface area contributed by atoms with Crippen molar-refractivity contribution in [3.8, 4) is 17.2 Å². The predicted octanol–water partition coefficient (Wildman–Crippen LogP) is 3.09. The molecule has 0 amide bonds. The minimum absolute atomic E-state index is 0.0546. The van der Waals surface area contributed by atoms with E-state index in [-0.39, 0.29) is 17.8 Å². The Balaban J connectivity index is 1.52. The van der Waals surface area contributed by atoms with Crippen LogP contribution in [0.15, 0.2) is 41.6 Å². The van der Waals surface area contributed by atoms with Crippen molar-refractivity contribution in [2.75, 3.05) is 34.4 Å². The Morgan fingerprint density at radius 1 is 1.07 bits per heavy atom. The van der Waals surface area contributed by atoms with Gasteiger partial charge in [0.2, 0.25) is 5.75 Å². The highest BCUT2D eigenvalue weighted by atomic mass is 19.1. The number of nitrogens with zero attached hydrogens (tertiary/aromatic N) is 2. The lowest BCUT2D eigenvalue weighted by molar-refractivity contribution is 0.0745. The van der Waals surface area contributed by atoms with E-state index in [2.05, 4.69) is 10.1 Å². The van der Waals surface area contributed by atoms with Gasteiger partial charge >= 0.3 is 0 Å². The first-order valence-electron chi connectivity index (χ1n) is 9.14. The number of likely N-dealkylation sites (tertiary alicyclic amines) is 1. The molecule has 2 heterocycles. The minimum atomic E-state index is -0.270. The molecule has 2 aliphatic rings. The maximum absolute atomic E-state index is 14.2. The topological polar surface area (TPSA) is 52.5 Å². The van der Waals surface area contributed by atoms with Crippen LogP contribution in [0.2, 0.25) is 0 Å². The summed E-state index contributed by atoms with van der Waals surface area (Å²) in [5.41, 5.74) is 2.25. The number of ether oxygens (including phenoxy) is 3. The van der Waals surface area contributed by atoms with Gasteiger partial charge in [0.15, 0.2) is 11.5 Å². The van der Waals surface area contributed by atoms with Crippen LogP contribution in [0.1, 0.15) is 11.1 Å². The third kappa shape index (κ3) is 3.26. The van der Waals surface area contributed by atoms with Crippen molar-refractivity contribution in [1.82, 2.24) is 4.90 Å². The van der Waals surface area contributed by atoms with E-state index >= 15 is 0 Å². The Morgan fingerprint density at radius 2 is 1.79 bits per heavy atom. The number of hydrogen-bond donors (Lipinski definition) is 0. The number of halogens is 1. The summed E-state index contributed by atoms with van der Waals surface area (Å²) in [6.07, 6.45) is -0.0587. The molecule has 1 saturated heterocycles. The van der Waals surface area contributed by atoms with E-state index in [9.17, 15) is 4.39 Å². The maximum atomic E-state index is 14.2. The molecule has 0 aliphatic carbocycles. The van der Waals surface area contributed by atoms with Crippen LogP contribution < -0.4 is 14.2 Å². The molecule has 0 saturated carbocycles. The fraction of sp³-hybridized carbons (Fsp3) is 0.381. The largest absolute Gasteiger partial charge is 0.493 e. The van der Waals surface area contributed by atoms with Crippen molar-refractivity contribution in [2.24, 2.45) is 11.1 Å². The van der Waals surface area contributed by atoms with Gasteiger partial charge in [0, 0.05) is 25.2 Å². The van der Waals surface area contributed by atoms with Gasteiger partial charge in [-0.05, 0) is 23.8 Å². The molecule has 28 heavy (non-hydrogen) atoms. The molecular weight excluding hydrogens is 363 g/mol. The molecule has 1 fully saturated rings. The van der Waals surface area contributed by atoms with Gasteiger partial charge < -0.3 is 19.0 Å². The standard InChI is InChI=1S/C21H23FN2O4/c1-25-17-8-13(9-18(26-2)21(17)27-3)10-24-11-15-19(12-24)28-23-20(15)14-6-4-5-7-16(14)22/h4-9,15,19H,10-12H2,1-3H3/t15-,19+/m1/s1. The first-order chi connectivity index (χ1) is 13.6. The molecule has 4 rings (SSSR count). The Bertz CT molecular complexity index is 877. The van der Waals surface area contributed by atoms with Crippen LogP contribution >= 0.6 is 0 Å². The van der Waals surface area contributed by atoms with E-state index in [1.54, 1.807) is 33.5 Å². The lowest BCUT2D eigenvalue weighted by atomic mass is 9.94. The summed E-state index contributed by atoms with van der Waals surface area (Å²) in [7, 11) is 4.79. The predicted molar refractivity (Wildman–Crippen MR) is 103 cm³/mol. The lowest BCUT2D eigenvalue weighted by Gasteiger charge is -2.19. The number of fused-ring (bicyclic) bond motifs is 1. The smallest absolute Gasteiger partial charge is 0.203 e. The number of methoxy groups -OCH3 is 3. The summed E-state index contributed by atoms with van der Waals surface area (Å²) < 4.78 is 30.4. The highest BCUT2D eigenvalue weighted by Gasteiger charge is 2.43. The van der Waals surface area contributed by atoms with Gasteiger partial charge in [0.1, 0.15) is 11.9 Å². The second-order valence-corrected chi connectivity index (χ2v) is 6.93. The average molecular weight is 386 g/mol. The third-order valence-electron chi connectivity index (χ3n) is 5.26. The van der Waals surface area contributed by atoms with Crippen molar-refractivity contribution in [3.63, 3.8) is 0 Å². The second kappa shape index (κ2) is 7.67. The Kier molecular flexibility index (Phi) is 5.09. The van der Waals surface area contributed by atoms with Gasteiger partial charge in [-0.15, -0.1) is 0 Å². The van der Waals surface area contributed by atoms with Crippen LogP contribution in [0.25, 0.3) is 0 Å². The molecule has 0 unspecified atom stereocenters. The second-order valence-electron chi connectivity index (χ2n) is 6.93. The summed E-state index contributed by atoms with van der Waals surface area (Å²) >= 11 is 0. The van der Waals surface area contributed by atoms with Gasteiger partial charge in [-0.1, -0.05) is 23.4 Å². The van der Waals surface area contributed by atoms with Gasteiger partial charge in [-0.2, -0.15) is 0 Å². The summed E-state index contributed by atoms with van der Waals surface area (Å²) in [6.45, 7) is 2.16. The molecule has 0 N–H and O–H groups in total. The van der Waals surface area contributed by atoms with Gasteiger partial charge in [-0.25, -0.2) is 4.39 Å². The molecule has 2 atom stereocenters. The van der Waals surface area contributed by atoms with E-state index in [1.807, 2.05) is 18.2 Å². The molecule has 2 aliphatic heterocycles. The fourth-order valence-corrected chi connectivity index (χ4v) is 3.95. The molecule has 0 aromatic heterocycles. The highest BCUT2D eigenvalue weighted by molar-refractivity contribution is 6.03. The van der Waals surface area contributed by atoms with Gasteiger partial charge in [-0.3, -0.25) is 4.90 Å². The van der Waals surface area contributed by atoms with Crippen molar-refractivity contribution < 1.29 is 23.4 Å². The fourth-order valence-electron chi connectivity index (χ4n) is 3.95. The molecule has 148 valence electrons. The van der Waals surface area contributed by atoms with Crippen molar-refractivity contribution >= 4 is 5.71 Å². The van der Waals surface area contributed by atoms with E-state index in [1.165, 1.54) is 6.07 Å². The zero-order chi connectivity index (χ0) is 19.7. The molecule has 0 radical (unpaired) electrons. The normalized spacial score (nSPS) is 21.1. The van der Waals surface area contributed by atoms with E-state index < -0.39 is 0 Å². The average Bonchev–Trinajstić information content (AvgIpc) is 3.27. The monoisotopic (exact) mass is 386 g/mol. The van der Waals surface area contributed by atoms with Gasteiger partial charge in [0.25, 0.3) is 0 Å². The molecule has 2 aromatic rings. The molecule has 0 bridgehead atoms. The minimum Gasteiger partial charge on any atom is -0.493 e.